The normalized spacial score (nSPS) is 20.2. The molecule has 1 amide bonds. The zero-order valence-electron chi connectivity index (χ0n) is 16.3. The molecule has 30 heavy (non-hydrogen) atoms. The SMILES string of the molecule is C[C@H](c1ccccc1O)N1C(=O)CO[C@H](c2ccc(Cl)cc2)[C@@H]1c1ccc(Cl)cc1. The van der Waals surface area contributed by atoms with Crippen molar-refractivity contribution in [2.75, 3.05) is 6.61 Å². The highest BCUT2D eigenvalue weighted by molar-refractivity contribution is 6.30. The van der Waals surface area contributed by atoms with Crippen LogP contribution in [0.4, 0.5) is 0 Å². The lowest BCUT2D eigenvalue weighted by atomic mass is 9.90. The summed E-state index contributed by atoms with van der Waals surface area (Å²) in [6.45, 7) is 1.87. The van der Waals surface area contributed by atoms with Crippen LogP contribution in [0.1, 0.15) is 41.8 Å². The van der Waals surface area contributed by atoms with Gasteiger partial charge in [-0.2, -0.15) is 0 Å². The standard InChI is InChI=1S/C24H21Cl2NO3/c1-15(20-4-2-3-5-21(20)28)27-22(29)14-30-24(17-8-12-19(26)13-9-17)23(27)16-6-10-18(25)11-7-16/h2-13,15,23-24,28H,14H2,1H3/t15-,23+,24-/m1/s1. The van der Waals surface area contributed by atoms with Gasteiger partial charge in [-0.25, -0.2) is 0 Å². The van der Waals surface area contributed by atoms with Gasteiger partial charge in [0.05, 0.1) is 12.1 Å². The minimum Gasteiger partial charge on any atom is -0.508 e. The lowest BCUT2D eigenvalue weighted by Crippen LogP contribution is -2.46. The number of nitrogens with zero attached hydrogens (tertiary/aromatic N) is 1. The van der Waals surface area contributed by atoms with Gasteiger partial charge in [0.15, 0.2) is 0 Å². The molecule has 1 N–H and O–H groups in total. The van der Waals surface area contributed by atoms with Crippen molar-refractivity contribution in [3.05, 3.63) is 99.5 Å². The van der Waals surface area contributed by atoms with Gasteiger partial charge in [-0.1, -0.05) is 65.7 Å². The van der Waals surface area contributed by atoms with Crippen LogP contribution >= 0.6 is 23.2 Å². The number of morpholine rings is 1. The first-order valence-corrected chi connectivity index (χ1v) is 10.4. The first kappa shape index (κ1) is 20.7. The number of para-hydroxylation sites is 1. The summed E-state index contributed by atoms with van der Waals surface area (Å²) >= 11 is 12.2. The summed E-state index contributed by atoms with van der Waals surface area (Å²) < 4.78 is 6.03. The third kappa shape index (κ3) is 4.04. The van der Waals surface area contributed by atoms with E-state index in [0.29, 0.717) is 15.6 Å². The Morgan fingerprint density at radius 2 is 1.50 bits per heavy atom. The minimum absolute atomic E-state index is 0.0463. The van der Waals surface area contributed by atoms with Crippen LogP contribution < -0.4 is 0 Å². The van der Waals surface area contributed by atoms with Crippen molar-refractivity contribution in [2.24, 2.45) is 0 Å². The van der Waals surface area contributed by atoms with Gasteiger partial charge in [0.1, 0.15) is 18.5 Å². The maximum atomic E-state index is 13.1. The molecule has 3 aromatic rings. The number of aromatic hydroxyl groups is 1. The maximum absolute atomic E-state index is 13.1. The van der Waals surface area contributed by atoms with E-state index < -0.39 is 12.1 Å². The van der Waals surface area contributed by atoms with E-state index in [0.717, 1.165) is 11.1 Å². The van der Waals surface area contributed by atoms with Crippen LogP contribution in [0.3, 0.4) is 0 Å². The molecular formula is C24H21Cl2NO3. The third-order valence-electron chi connectivity index (χ3n) is 5.47. The van der Waals surface area contributed by atoms with Gasteiger partial charge < -0.3 is 14.7 Å². The molecule has 0 unspecified atom stereocenters. The molecule has 1 aliphatic rings. The van der Waals surface area contributed by atoms with E-state index in [-0.39, 0.29) is 24.3 Å². The highest BCUT2D eigenvalue weighted by atomic mass is 35.5. The number of ether oxygens (including phenoxy) is 1. The van der Waals surface area contributed by atoms with Crippen molar-refractivity contribution in [1.29, 1.82) is 0 Å². The van der Waals surface area contributed by atoms with Crippen LogP contribution in [0.25, 0.3) is 0 Å². The topological polar surface area (TPSA) is 49.8 Å². The number of phenols is 1. The molecule has 0 spiro atoms. The molecule has 0 bridgehead atoms. The molecule has 1 aliphatic heterocycles. The van der Waals surface area contributed by atoms with Crippen molar-refractivity contribution in [3.63, 3.8) is 0 Å². The number of halogens is 2. The number of carbonyl (C=O) groups excluding carboxylic acids is 1. The molecule has 1 fully saturated rings. The first-order chi connectivity index (χ1) is 14.5. The van der Waals surface area contributed by atoms with Gasteiger partial charge >= 0.3 is 0 Å². The molecule has 3 atom stereocenters. The average molecular weight is 442 g/mol. The molecular weight excluding hydrogens is 421 g/mol. The number of carbonyl (C=O) groups is 1. The zero-order valence-corrected chi connectivity index (χ0v) is 17.8. The number of hydrogen-bond acceptors (Lipinski definition) is 3. The molecule has 0 saturated carbocycles. The van der Waals surface area contributed by atoms with E-state index in [9.17, 15) is 9.90 Å². The lowest BCUT2D eigenvalue weighted by Gasteiger charge is -2.44. The number of amides is 1. The number of rotatable bonds is 4. The van der Waals surface area contributed by atoms with Crippen molar-refractivity contribution >= 4 is 29.1 Å². The van der Waals surface area contributed by atoms with E-state index in [1.54, 1.807) is 29.2 Å². The Morgan fingerprint density at radius 3 is 2.10 bits per heavy atom. The van der Waals surface area contributed by atoms with E-state index in [4.69, 9.17) is 27.9 Å². The van der Waals surface area contributed by atoms with Crippen LogP contribution in [0.15, 0.2) is 72.8 Å². The summed E-state index contributed by atoms with van der Waals surface area (Å²) in [7, 11) is 0. The largest absolute Gasteiger partial charge is 0.508 e. The molecule has 4 rings (SSSR count). The quantitative estimate of drug-likeness (QED) is 0.531. The fourth-order valence-electron chi connectivity index (χ4n) is 4.00. The molecule has 0 aromatic heterocycles. The van der Waals surface area contributed by atoms with Crippen LogP contribution in [0, 0.1) is 0 Å². The molecule has 4 nitrogen and oxygen atoms in total. The Kier molecular flexibility index (Phi) is 6.00. The number of phenolic OH excluding ortho intramolecular Hbond substituents is 1. The smallest absolute Gasteiger partial charge is 0.249 e. The summed E-state index contributed by atoms with van der Waals surface area (Å²) in [6, 6.07) is 21.2. The van der Waals surface area contributed by atoms with Gasteiger partial charge in [0, 0.05) is 15.6 Å². The van der Waals surface area contributed by atoms with Crippen molar-refractivity contribution < 1.29 is 14.6 Å². The molecule has 6 heteroatoms. The Balaban J connectivity index is 1.82. The van der Waals surface area contributed by atoms with Crippen molar-refractivity contribution in [3.8, 4) is 5.75 Å². The van der Waals surface area contributed by atoms with Crippen LogP contribution in [0.5, 0.6) is 5.75 Å². The van der Waals surface area contributed by atoms with E-state index in [1.807, 2.05) is 55.5 Å². The molecule has 0 radical (unpaired) electrons. The third-order valence-corrected chi connectivity index (χ3v) is 5.98. The fraction of sp³-hybridized carbons (Fsp3) is 0.208. The second-order valence-electron chi connectivity index (χ2n) is 7.32. The summed E-state index contributed by atoms with van der Waals surface area (Å²) in [4.78, 5) is 14.9. The van der Waals surface area contributed by atoms with Gasteiger partial charge in [0.2, 0.25) is 5.91 Å². The van der Waals surface area contributed by atoms with E-state index >= 15 is 0 Å². The Labute approximate surface area is 185 Å². The Hall–Kier alpha value is -2.53. The lowest BCUT2D eigenvalue weighted by molar-refractivity contribution is -0.163. The summed E-state index contributed by atoms with van der Waals surface area (Å²) in [5.74, 6) is 0.0121. The van der Waals surface area contributed by atoms with Gasteiger partial charge in [0.25, 0.3) is 0 Å². The number of benzene rings is 3. The fourth-order valence-corrected chi connectivity index (χ4v) is 4.25. The molecule has 154 valence electrons. The highest BCUT2D eigenvalue weighted by Gasteiger charge is 2.41. The van der Waals surface area contributed by atoms with Crippen molar-refractivity contribution in [1.82, 2.24) is 4.90 Å². The summed E-state index contributed by atoms with van der Waals surface area (Å²) in [5, 5.41) is 11.7. The second kappa shape index (κ2) is 8.68. The van der Waals surface area contributed by atoms with E-state index in [1.165, 1.54) is 0 Å². The van der Waals surface area contributed by atoms with E-state index in [2.05, 4.69) is 0 Å². The highest BCUT2D eigenvalue weighted by Crippen LogP contribution is 2.45. The van der Waals surface area contributed by atoms with Crippen LogP contribution in [-0.2, 0) is 9.53 Å². The number of hydrogen-bond donors (Lipinski definition) is 1. The van der Waals surface area contributed by atoms with Gasteiger partial charge in [-0.05, 0) is 48.4 Å². The van der Waals surface area contributed by atoms with Gasteiger partial charge in [-0.3, -0.25) is 4.79 Å². The second-order valence-corrected chi connectivity index (χ2v) is 8.19. The molecule has 1 saturated heterocycles. The zero-order chi connectivity index (χ0) is 21.3. The minimum atomic E-state index is -0.403. The van der Waals surface area contributed by atoms with Crippen molar-refractivity contribution in [2.45, 2.75) is 25.1 Å². The summed E-state index contributed by atoms with van der Waals surface area (Å²) in [6.07, 6.45) is -0.394. The Bertz CT molecular complexity index is 1040. The van der Waals surface area contributed by atoms with Crippen LogP contribution in [0.2, 0.25) is 10.0 Å². The van der Waals surface area contributed by atoms with Crippen LogP contribution in [-0.4, -0.2) is 22.5 Å². The predicted molar refractivity (Wildman–Crippen MR) is 118 cm³/mol. The predicted octanol–water partition coefficient (Wildman–Crippen LogP) is 6.10. The first-order valence-electron chi connectivity index (χ1n) is 9.67. The average Bonchev–Trinajstić information content (AvgIpc) is 2.75. The maximum Gasteiger partial charge on any atom is 0.249 e. The Morgan fingerprint density at radius 1 is 0.933 bits per heavy atom. The molecule has 1 heterocycles. The molecule has 0 aliphatic carbocycles. The van der Waals surface area contributed by atoms with Gasteiger partial charge in [-0.15, -0.1) is 0 Å². The monoisotopic (exact) mass is 441 g/mol. The summed E-state index contributed by atoms with van der Waals surface area (Å²) in [5.41, 5.74) is 2.50. The molecule has 3 aromatic carbocycles.